The maximum atomic E-state index is 12.8. The highest BCUT2D eigenvalue weighted by Gasteiger charge is 2.44. The number of nitrogens with zero attached hydrogens (tertiary/aromatic N) is 4. The second kappa shape index (κ2) is 6.40. The van der Waals surface area contributed by atoms with Crippen molar-refractivity contribution in [3.8, 4) is 6.07 Å². The number of aryl methyl sites for hydroxylation is 2. The van der Waals surface area contributed by atoms with Crippen molar-refractivity contribution in [3.05, 3.63) is 22.9 Å². The molecule has 1 aromatic rings. The monoisotopic (exact) mass is 328 g/mol. The van der Waals surface area contributed by atoms with Crippen LogP contribution in [0.2, 0.25) is 0 Å². The molecule has 0 spiro atoms. The number of likely N-dealkylation sites (tertiary alicyclic amines) is 1. The van der Waals surface area contributed by atoms with Gasteiger partial charge in [0.1, 0.15) is 11.9 Å². The summed E-state index contributed by atoms with van der Waals surface area (Å²) in [7, 11) is 0. The molecule has 2 saturated heterocycles. The summed E-state index contributed by atoms with van der Waals surface area (Å²) in [6.45, 7) is 6.14. The molecule has 1 N–H and O–H groups in total. The summed E-state index contributed by atoms with van der Waals surface area (Å²) in [5.74, 6) is 0.412. The fourth-order valence-corrected chi connectivity index (χ4v) is 3.79. The Labute approximate surface area is 142 Å². The van der Waals surface area contributed by atoms with Crippen LogP contribution in [0.15, 0.2) is 6.07 Å². The fourth-order valence-electron chi connectivity index (χ4n) is 3.79. The number of pyridine rings is 1. The van der Waals surface area contributed by atoms with Gasteiger partial charge in [-0.25, -0.2) is 4.98 Å². The first-order valence-electron chi connectivity index (χ1n) is 8.60. The number of amides is 1. The molecule has 0 aromatic carbocycles. The minimum atomic E-state index is -1.38. The molecule has 24 heavy (non-hydrogen) atoms. The highest BCUT2D eigenvalue weighted by molar-refractivity contribution is 5.86. The second-order valence-electron chi connectivity index (χ2n) is 6.95. The number of carbonyl (C=O) groups is 1. The number of anilines is 1. The lowest BCUT2D eigenvalue weighted by Gasteiger charge is -2.40. The van der Waals surface area contributed by atoms with Crippen molar-refractivity contribution >= 4 is 11.7 Å². The summed E-state index contributed by atoms with van der Waals surface area (Å²) < 4.78 is 0. The summed E-state index contributed by atoms with van der Waals surface area (Å²) in [4.78, 5) is 20.9. The second-order valence-corrected chi connectivity index (χ2v) is 6.95. The van der Waals surface area contributed by atoms with Crippen LogP contribution >= 0.6 is 0 Å². The Morgan fingerprint density at radius 2 is 2.00 bits per heavy atom. The molecule has 2 fully saturated rings. The van der Waals surface area contributed by atoms with E-state index >= 15 is 0 Å². The van der Waals surface area contributed by atoms with Gasteiger partial charge in [-0.3, -0.25) is 4.79 Å². The molecule has 0 radical (unpaired) electrons. The standard InChI is InChI=1S/C18H24N4O2/c1-13-10-14(2)20-16(15(13)11-19)22-9-5-6-18(24,12-22)17(23)21-7-3-4-8-21/h10,24H,3-9,12H2,1-2H3. The average Bonchev–Trinajstić information content (AvgIpc) is 3.08. The molecule has 3 heterocycles. The van der Waals surface area contributed by atoms with Gasteiger partial charge in [0, 0.05) is 25.3 Å². The summed E-state index contributed by atoms with van der Waals surface area (Å²) in [5, 5.41) is 20.5. The largest absolute Gasteiger partial charge is 0.378 e. The van der Waals surface area contributed by atoms with Crippen molar-refractivity contribution < 1.29 is 9.90 Å². The fraction of sp³-hybridized carbons (Fsp3) is 0.611. The molecule has 1 unspecified atom stereocenters. The van der Waals surface area contributed by atoms with Crippen LogP contribution in [0.5, 0.6) is 0 Å². The van der Waals surface area contributed by atoms with Crippen LogP contribution in [-0.2, 0) is 4.79 Å². The normalized spacial score (nSPS) is 24.1. The highest BCUT2D eigenvalue weighted by Crippen LogP contribution is 2.30. The topological polar surface area (TPSA) is 80.5 Å². The first kappa shape index (κ1) is 16.7. The van der Waals surface area contributed by atoms with E-state index in [1.54, 1.807) is 4.90 Å². The molecule has 6 heteroatoms. The summed E-state index contributed by atoms with van der Waals surface area (Å²) >= 11 is 0. The predicted molar refractivity (Wildman–Crippen MR) is 90.6 cm³/mol. The van der Waals surface area contributed by atoms with E-state index in [2.05, 4.69) is 11.1 Å². The Kier molecular flexibility index (Phi) is 4.46. The highest BCUT2D eigenvalue weighted by atomic mass is 16.3. The Morgan fingerprint density at radius 1 is 1.29 bits per heavy atom. The smallest absolute Gasteiger partial charge is 0.256 e. The third-order valence-corrected chi connectivity index (χ3v) is 5.00. The van der Waals surface area contributed by atoms with Gasteiger partial charge in [0.25, 0.3) is 5.91 Å². The molecule has 1 aromatic heterocycles. The molecule has 2 aliphatic heterocycles. The lowest BCUT2D eigenvalue weighted by atomic mass is 9.91. The van der Waals surface area contributed by atoms with Gasteiger partial charge >= 0.3 is 0 Å². The van der Waals surface area contributed by atoms with Gasteiger partial charge in [0.15, 0.2) is 5.60 Å². The van der Waals surface area contributed by atoms with E-state index in [1.165, 1.54) is 0 Å². The third-order valence-electron chi connectivity index (χ3n) is 5.00. The molecule has 2 aliphatic rings. The summed E-state index contributed by atoms with van der Waals surface area (Å²) in [5.41, 5.74) is 0.856. The van der Waals surface area contributed by atoms with Crippen LogP contribution in [-0.4, -0.2) is 52.7 Å². The third kappa shape index (κ3) is 2.96. The van der Waals surface area contributed by atoms with Gasteiger partial charge in [-0.2, -0.15) is 5.26 Å². The van der Waals surface area contributed by atoms with Crippen molar-refractivity contribution in [2.24, 2.45) is 0 Å². The van der Waals surface area contributed by atoms with Gasteiger partial charge in [-0.15, -0.1) is 0 Å². The van der Waals surface area contributed by atoms with E-state index in [4.69, 9.17) is 0 Å². The van der Waals surface area contributed by atoms with Crippen LogP contribution in [0, 0.1) is 25.2 Å². The van der Waals surface area contributed by atoms with Crippen LogP contribution in [0.1, 0.15) is 42.5 Å². The van der Waals surface area contributed by atoms with Crippen molar-refractivity contribution in [1.29, 1.82) is 5.26 Å². The Morgan fingerprint density at radius 3 is 2.67 bits per heavy atom. The molecule has 128 valence electrons. The Balaban J connectivity index is 1.88. The van der Waals surface area contributed by atoms with Crippen molar-refractivity contribution in [2.45, 2.75) is 45.1 Å². The molecule has 0 aliphatic carbocycles. The van der Waals surface area contributed by atoms with Crippen LogP contribution in [0.4, 0.5) is 5.82 Å². The number of hydrogen-bond acceptors (Lipinski definition) is 5. The molecule has 6 nitrogen and oxygen atoms in total. The quantitative estimate of drug-likeness (QED) is 0.890. The van der Waals surface area contributed by atoms with Gasteiger partial charge in [0.2, 0.25) is 0 Å². The predicted octanol–water partition coefficient (Wildman–Crippen LogP) is 1.52. The maximum Gasteiger partial charge on any atom is 0.256 e. The molecule has 1 atom stereocenters. The molecule has 3 rings (SSSR count). The van der Waals surface area contributed by atoms with Crippen molar-refractivity contribution in [3.63, 3.8) is 0 Å². The first-order chi connectivity index (χ1) is 11.4. The number of piperidine rings is 1. The van der Waals surface area contributed by atoms with E-state index < -0.39 is 5.60 Å². The molecular formula is C18H24N4O2. The van der Waals surface area contributed by atoms with Crippen LogP contribution in [0.25, 0.3) is 0 Å². The van der Waals surface area contributed by atoms with E-state index in [9.17, 15) is 15.2 Å². The number of aromatic nitrogens is 1. The van der Waals surface area contributed by atoms with Crippen molar-refractivity contribution in [1.82, 2.24) is 9.88 Å². The molecule has 0 saturated carbocycles. The zero-order valence-electron chi connectivity index (χ0n) is 14.4. The van der Waals surface area contributed by atoms with Gasteiger partial charge in [-0.05, 0) is 51.2 Å². The van der Waals surface area contributed by atoms with E-state index in [0.717, 1.165) is 37.2 Å². The number of rotatable bonds is 2. The lowest BCUT2D eigenvalue weighted by Crippen LogP contribution is -2.58. The van der Waals surface area contributed by atoms with Gasteiger partial charge in [-0.1, -0.05) is 0 Å². The van der Waals surface area contributed by atoms with Crippen LogP contribution in [0.3, 0.4) is 0 Å². The van der Waals surface area contributed by atoms with Gasteiger partial charge < -0.3 is 14.9 Å². The summed E-state index contributed by atoms with van der Waals surface area (Å²) in [6, 6.07) is 4.10. The molecule has 1 amide bonds. The lowest BCUT2D eigenvalue weighted by molar-refractivity contribution is -0.151. The number of aliphatic hydroxyl groups is 1. The minimum Gasteiger partial charge on any atom is -0.378 e. The molecule has 0 bridgehead atoms. The minimum absolute atomic E-state index is 0.174. The number of β-amino-alcohol motifs (C(OH)–C–C–N with tert-alkyl or cyclic N) is 1. The number of nitriles is 1. The first-order valence-corrected chi connectivity index (χ1v) is 8.60. The zero-order chi connectivity index (χ0) is 17.3. The zero-order valence-corrected chi connectivity index (χ0v) is 14.4. The number of hydrogen-bond donors (Lipinski definition) is 1. The molecular weight excluding hydrogens is 304 g/mol. The maximum absolute atomic E-state index is 12.8. The Hall–Kier alpha value is -2.13. The van der Waals surface area contributed by atoms with Gasteiger partial charge in [0.05, 0.1) is 12.1 Å². The van der Waals surface area contributed by atoms with E-state index in [1.807, 2.05) is 24.8 Å². The Bertz CT molecular complexity index is 691. The number of carbonyl (C=O) groups excluding carboxylic acids is 1. The summed E-state index contributed by atoms with van der Waals surface area (Å²) in [6.07, 6.45) is 3.17. The van der Waals surface area contributed by atoms with E-state index in [0.29, 0.717) is 30.8 Å². The van der Waals surface area contributed by atoms with Crippen molar-refractivity contribution in [2.75, 3.05) is 31.1 Å². The van der Waals surface area contributed by atoms with E-state index in [-0.39, 0.29) is 12.5 Å². The average molecular weight is 328 g/mol. The van der Waals surface area contributed by atoms with Crippen LogP contribution < -0.4 is 4.90 Å². The SMILES string of the molecule is Cc1cc(C)c(C#N)c(N2CCCC(O)(C(=O)N3CCCC3)C2)n1.